The van der Waals surface area contributed by atoms with E-state index in [9.17, 15) is 0 Å². The number of nitrogen functional groups attached to an aromatic ring is 1. The molecule has 112 valence electrons. The van der Waals surface area contributed by atoms with Crippen molar-refractivity contribution in [2.24, 2.45) is 5.84 Å². The molecule has 1 aromatic carbocycles. The van der Waals surface area contributed by atoms with E-state index in [1.165, 1.54) is 0 Å². The van der Waals surface area contributed by atoms with E-state index in [2.05, 4.69) is 27.3 Å². The predicted octanol–water partition coefficient (Wildman–Crippen LogP) is 2.30. The van der Waals surface area contributed by atoms with E-state index in [1.54, 1.807) is 0 Å². The van der Waals surface area contributed by atoms with Crippen molar-refractivity contribution in [1.82, 2.24) is 15.0 Å². The highest BCUT2D eigenvalue weighted by atomic mass is 16.5. The summed E-state index contributed by atoms with van der Waals surface area (Å²) < 4.78 is 11.1. The number of hydrazine groups is 1. The van der Waals surface area contributed by atoms with E-state index < -0.39 is 0 Å². The van der Waals surface area contributed by atoms with Crippen LogP contribution in [0.3, 0.4) is 0 Å². The van der Waals surface area contributed by atoms with Gasteiger partial charge in [0.15, 0.2) is 0 Å². The number of benzene rings is 1. The molecule has 7 nitrogen and oxygen atoms in total. The lowest BCUT2D eigenvalue weighted by atomic mass is 10.1. The Balaban J connectivity index is 2.25. The van der Waals surface area contributed by atoms with Gasteiger partial charge in [-0.2, -0.15) is 9.97 Å². The molecule has 0 amide bonds. The molecule has 7 heteroatoms. The first-order valence-corrected chi connectivity index (χ1v) is 6.88. The van der Waals surface area contributed by atoms with Gasteiger partial charge in [-0.15, -0.1) is 4.98 Å². The van der Waals surface area contributed by atoms with E-state index in [-0.39, 0.29) is 18.0 Å². The standard InChI is InChI=1S/C14H19N5O2/c1-3-9-20-13-16-12(19-15)17-14(18-13)21-11-8-6-5-7-10(11)4-2/h5-8H,3-4,9,15H2,1-2H3,(H,16,17,18,19). The Hall–Kier alpha value is -2.41. The second-order valence-corrected chi connectivity index (χ2v) is 4.28. The molecular formula is C14H19N5O2. The van der Waals surface area contributed by atoms with Crippen molar-refractivity contribution in [3.63, 3.8) is 0 Å². The van der Waals surface area contributed by atoms with Crippen LogP contribution in [-0.2, 0) is 6.42 Å². The highest BCUT2D eigenvalue weighted by Gasteiger charge is 2.10. The Morgan fingerprint density at radius 2 is 1.86 bits per heavy atom. The van der Waals surface area contributed by atoms with Crippen molar-refractivity contribution in [3.05, 3.63) is 29.8 Å². The molecule has 21 heavy (non-hydrogen) atoms. The van der Waals surface area contributed by atoms with Crippen molar-refractivity contribution in [1.29, 1.82) is 0 Å². The SMILES string of the molecule is CCCOc1nc(NN)nc(Oc2ccccc2CC)n1. The largest absolute Gasteiger partial charge is 0.463 e. The van der Waals surface area contributed by atoms with E-state index in [0.29, 0.717) is 12.4 Å². The Labute approximate surface area is 123 Å². The summed E-state index contributed by atoms with van der Waals surface area (Å²) in [5, 5.41) is 0. The van der Waals surface area contributed by atoms with Gasteiger partial charge in [-0.25, -0.2) is 5.84 Å². The maximum absolute atomic E-state index is 5.73. The first-order chi connectivity index (χ1) is 10.3. The third-order valence-electron chi connectivity index (χ3n) is 2.71. The maximum Gasteiger partial charge on any atom is 0.330 e. The van der Waals surface area contributed by atoms with Gasteiger partial charge in [-0.05, 0) is 24.5 Å². The molecule has 0 unspecified atom stereocenters. The quantitative estimate of drug-likeness (QED) is 0.596. The highest BCUT2D eigenvalue weighted by molar-refractivity contribution is 5.36. The zero-order chi connectivity index (χ0) is 15.1. The summed E-state index contributed by atoms with van der Waals surface area (Å²) in [5.74, 6) is 6.25. The molecule has 3 N–H and O–H groups in total. The Kier molecular flexibility index (Phi) is 5.28. The number of aromatic nitrogens is 3. The fourth-order valence-electron chi connectivity index (χ4n) is 1.70. The van der Waals surface area contributed by atoms with Gasteiger partial charge < -0.3 is 9.47 Å². The van der Waals surface area contributed by atoms with Crippen LogP contribution in [-0.4, -0.2) is 21.6 Å². The fourth-order valence-corrected chi connectivity index (χ4v) is 1.70. The minimum atomic E-state index is 0.143. The van der Waals surface area contributed by atoms with Crippen LogP contribution in [0.2, 0.25) is 0 Å². The molecule has 0 aliphatic heterocycles. The average molecular weight is 289 g/mol. The number of nitrogens with two attached hydrogens (primary N) is 1. The van der Waals surface area contributed by atoms with Gasteiger partial charge >= 0.3 is 12.0 Å². The van der Waals surface area contributed by atoms with Crippen LogP contribution in [0.25, 0.3) is 0 Å². The summed E-state index contributed by atoms with van der Waals surface area (Å²) >= 11 is 0. The normalized spacial score (nSPS) is 10.2. The molecule has 1 heterocycles. The van der Waals surface area contributed by atoms with Crippen molar-refractivity contribution in [2.45, 2.75) is 26.7 Å². The first kappa shape index (κ1) is 15.0. The van der Waals surface area contributed by atoms with Crippen LogP contribution in [0.5, 0.6) is 17.8 Å². The molecule has 0 aliphatic rings. The summed E-state index contributed by atoms with van der Waals surface area (Å²) in [7, 11) is 0. The second kappa shape index (κ2) is 7.39. The van der Waals surface area contributed by atoms with Crippen molar-refractivity contribution in [3.8, 4) is 17.8 Å². The van der Waals surface area contributed by atoms with Crippen LogP contribution >= 0.6 is 0 Å². The summed E-state index contributed by atoms with van der Waals surface area (Å²) in [6.45, 7) is 4.56. The Morgan fingerprint density at radius 1 is 1.10 bits per heavy atom. The van der Waals surface area contributed by atoms with Crippen molar-refractivity contribution >= 4 is 5.95 Å². The van der Waals surface area contributed by atoms with E-state index in [0.717, 1.165) is 18.4 Å². The van der Waals surface area contributed by atoms with Crippen LogP contribution in [0.1, 0.15) is 25.8 Å². The number of para-hydroxylation sites is 1. The molecule has 0 saturated heterocycles. The zero-order valence-electron chi connectivity index (χ0n) is 12.2. The topological polar surface area (TPSA) is 95.2 Å². The molecule has 1 aromatic heterocycles. The van der Waals surface area contributed by atoms with Gasteiger partial charge in [-0.3, -0.25) is 5.43 Å². The smallest absolute Gasteiger partial charge is 0.330 e. The number of anilines is 1. The van der Waals surface area contributed by atoms with Gasteiger partial charge in [0.2, 0.25) is 5.95 Å². The molecule has 0 fully saturated rings. The number of nitrogens with zero attached hydrogens (tertiary/aromatic N) is 3. The first-order valence-electron chi connectivity index (χ1n) is 6.88. The van der Waals surface area contributed by atoms with Gasteiger partial charge in [0.05, 0.1) is 6.61 Å². The minimum absolute atomic E-state index is 0.143. The van der Waals surface area contributed by atoms with Crippen molar-refractivity contribution < 1.29 is 9.47 Å². The third-order valence-corrected chi connectivity index (χ3v) is 2.71. The van der Waals surface area contributed by atoms with Gasteiger partial charge in [-0.1, -0.05) is 32.0 Å². The molecule has 0 bridgehead atoms. The molecule has 0 atom stereocenters. The molecule has 0 saturated carbocycles. The number of rotatable bonds is 7. The fraction of sp³-hybridized carbons (Fsp3) is 0.357. The molecular weight excluding hydrogens is 270 g/mol. The lowest BCUT2D eigenvalue weighted by Crippen LogP contribution is -2.13. The van der Waals surface area contributed by atoms with E-state index in [1.807, 2.05) is 31.2 Å². The number of nitrogens with one attached hydrogen (secondary N) is 1. The molecule has 2 aromatic rings. The Bertz CT molecular complexity index is 591. The maximum atomic E-state index is 5.73. The summed E-state index contributed by atoms with van der Waals surface area (Å²) in [6, 6.07) is 8.04. The summed E-state index contributed by atoms with van der Waals surface area (Å²) in [4.78, 5) is 12.2. The van der Waals surface area contributed by atoms with E-state index >= 15 is 0 Å². The Morgan fingerprint density at radius 3 is 2.57 bits per heavy atom. The third kappa shape index (κ3) is 4.03. The van der Waals surface area contributed by atoms with E-state index in [4.69, 9.17) is 15.3 Å². The predicted molar refractivity (Wildman–Crippen MR) is 79.3 cm³/mol. The second-order valence-electron chi connectivity index (χ2n) is 4.28. The lowest BCUT2D eigenvalue weighted by Gasteiger charge is -2.10. The van der Waals surface area contributed by atoms with Crippen LogP contribution in [0.4, 0.5) is 5.95 Å². The summed E-state index contributed by atoms with van der Waals surface area (Å²) in [6.07, 6.45) is 1.70. The number of hydrogen-bond donors (Lipinski definition) is 2. The lowest BCUT2D eigenvalue weighted by molar-refractivity contribution is 0.285. The molecule has 0 aliphatic carbocycles. The minimum Gasteiger partial charge on any atom is -0.463 e. The van der Waals surface area contributed by atoms with Crippen molar-refractivity contribution in [2.75, 3.05) is 12.0 Å². The van der Waals surface area contributed by atoms with Crippen LogP contribution in [0.15, 0.2) is 24.3 Å². The number of hydrogen-bond acceptors (Lipinski definition) is 7. The van der Waals surface area contributed by atoms with Crippen LogP contribution in [0, 0.1) is 0 Å². The number of aryl methyl sites for hydroxylation is 1. The zero-order valence-corrected chi connectivity index (χ0v) is 12.2. The summed E-state index contributed by atoms with van der Waals surface area (Å²) in [5.41, 5.74) is 3.44. The van der Waals surface area contributed by atoms with Gasteiger partial charge in [0.25, 0.3) is 0 Å². The number of ether oxygens (including phenoxy) is 2. The average Bonchev–Trinajstić information content (AvgIpc) is 2.53. The monoisotopic (exact) mass is 289 g/mol. The van der Waals surface area contributed by atoms with Gasteiger partial charge in [0, 0.05) is 0 Å². The molecule has 0 spiro atoms. The van der Waals surface area contributed by atoms with Gasteiger partial charge in [0.1, 0.15) is 5.75 Å². The highest BCUT2D eigenvalue weighted by Crippen LogP contribution is 2.24. The van der Waals surface area contributed by atoms with Crippen LogP contribution < -0.4 is 20.7 Å². The molecule has 0 radical (unpaired) electrons. The molecule has 2 rings (SSSR count).